The molecule has 5 heteroatoms. The lowest BCUT2D eigenvalue weighted by molar-refractivity contribution is 0.0493. The summed E-state index contributed by atoms with van der Waals surface area (Å²) in [5, 5.41) is 2.90. The predicted molar refractivity (Wildman–Crippen MR) is 63.7 cm³/mol. The Kier molecular flexibility index (Phi) is 3.09. The zero-order valence-electron chi connectivity index (χ0n) is 10.6. The molecule has 0 radical (unpaired) electrons. The summed E-state index contributed by atoms with van der Waals surface area (Å²) in [5.74, 6) is 1.09. The van der Waals surface area contributed by atoms with Crippen molar-refractivity contribution in [3.63, 3.8) is 0 Å². The first-order valence-electron chi connectivity index (χ1n) is 5.93. The minimum Gasteiger partial charge on any atom is -0.444 e. The minimum atomic E-state index is -0.446. The number of amides is 1. The van der Waals surface area contributed by atoms with Gasteiger partial charge in [0, 0.05) is 25.4 Å². The Morgan fingerprint density at radius 2 is 2.35 bits per heavy atom. The number of rotatable bonds is 1. The molecule has 0 aromatic carbocycles. The van der Waals surface area contributed by atoms with E-state index in [9.17, 15) is 4.79 Å². The summed E-state index contributed by atoms with van der Waals surface area (Å²) >= 11 is 0. The molecule has 0 saturated carbocycles. The van der Waals surface area contributed by atoms with E-state index < -0.39 is 5.60 Å². The molecule has 0 bridgehead atoms. The first-order chi connectivity index (χ1) is 7.94. The lowest BCUT2D eigenvalue weighted by atomic mass is 10.1. The van der Waals surface area contributed by atoms with Crippen LogP contribution in [0.3, 0.4) is 0 Å². The number of hydrogen-bond donors (Lipinski definition) is 1. The van der Waals surface area contributed by atoms with Crippen LogP contribution < -0.4 is 5.32 Å². The van der Waals surface area contributed by atoms with Crippen LogP contribution >= 0.6 is 0 Å². The second-order valence-electron chi connectivity index (χ2n) is 5.38. The minimum absolute atomic E-state index is 0.131. The molecule has 0 saturated heterocycles. The van der Waals surface area contributed by atoms with Gasteiger partial charge < -0.3 is 14.6 Å². The molecule has 1 atom stereocenters. The second-order valence-corrected chi connectivity index (χ2v) is 5.38. The molecule has 0 fully saturated rings. The van der Waals surface area contributed by atoms with Gasteiger partial charge in [-0.25, -0.2) is 9.78 Å². The van der Waals surface area contributed by atoms with Gasteiger partial charge in [0.25, 0.3) is 0 Å². The van der Waals surface area contributed by atoms with E-state index in [-0.39, 0.29) is 12.1 Å². The Hall–Kier alpha value is -1.52. The van der Waals surface area contributed by atoms with Crippen molar-refractivity contribution >= 4 is 6.09 Å². The standard InChI is InChI=1S/C12H19N3O2/c1-12(2,3)17-11(16)14-9-4-5-10-13-6-7-15(10)8-9/h6-7,9H,4-5,8H2,1-3H3,(H,14,16). The first-order valence-corrected chi connectivity index (χ1v) is 5.93. The first kappa shape index (κ1) is 12.0. The molecule has 1 aliphatic rings. The smallest absolute Gasteiger partial charge is 0.407 e. The van der Waals surface area contributed by atoms with E-state index in [1.54, 1.807) is 6.20 Å². The van der Waals surface area contributed by atoms with Crippen LogP contribution in [-0.4, -0.2) is 27.3 Å². The van der Waals surface area contributed by atoms with E-state index >= 15 is 0 Å². The van der Waals surface area contributed by atoms with E-state index in [4.69, 9.17) is 4.74 Å². The fraction of sp³-hybridized carbons (Fsp3) is 0.667. The zero-order valence-corrected chi connectivity index (χ0v) is 10.6. The van der Waals surface area contributed by atoms with Crippen molar-refractivity contribution in [1.29, 1.82) is 0 Å². The van der Waals surface area contributed by atoms with Gasteiger partial charge >= 0.3 is 6.09 Å². The molecule has 2 rings (SSSR count). The number of nitrogens with one attached hydrogen (secondary N) is 1. The molecule has 17 heavy (non-hydrogen) atoms. The van der Waals surface area contributed by atoms with Gasteiger partial charge in [-0.15, -0.1) is 0 Å². The fourth-order valence-corrected chi connectivity index (χ4v) is 1.96. The number of hydrogen-bond acceptors (Lipinski definition) is 3. The largest absolute Gasteiger partial charge is 0.444 e. The monoisotopic (exact) mass is 237 g/mol. The average molecular weight is 237 g/mol. The van der Waals surface area contributed by atoms with Crippen LogP contribution in [0.15, 0.2) is 12.4 Å². The molecule has 2 heterocycles. The van der Waals surface area contributed by atoms with Crippen molar-refractivity contribution in [3.05, 3.63) is 18.2 Å². The van der Waals surface area contributed by atoms with Crippen LogP contribution in [0, 0.1) is 0 Å². The maximum absolute atomic E-state index is 11.6. The van der Waals surface area contributed by atoms with Gasteiger partial charge in [-0.05, 0) is 27.2 Å². The van der Waals surface area contributed by atoms with E-state index in [0.29, 0.717) is 0 Å². The number of aryl methyl sites for hydroxylation is 1. The third kappa shape index (κ3) is 3.22. The molecular formula is C12H19N3O2. The Morgan fingerprint density at radius 3 is 3.06 bits per heavy atom. The van der Waals surface area contributed by atoms with Crippen molar-refractivity contribution in [3.8, 4) is 0 Å². The second kappa shape index (κ2) is 4.39. The van der Waals surface area contributed by atoms with E-state index in [1.165, 1.54) is 0 Å². The number of ether oxygens (including phenoxy) is 1. The summed E-state index contributed by atoms with van der Waals surface area (Å²) in [6, 6.07) is 0.131. The van der Waals surface area contributed by atoms with Crippen LogP contribution in [0.4, 0.5) is 4.79 Å². The lowest BCUT2D eigenvalue weighted by Crippen LogP contribution is -2.43. The number of aromatic nitrogens is 2. The van der Waals surface area contributed by atoms with Gasteiger partial charge in [0.2, 0.25) is 0 Å². The summed E-state index contributed by atoms with van der Waals surface area (Å²) in [4.78, 5) is 15.9. The fourth-order valence-electron chi connectivity index (χ4n) is 1.96. The van der Waals surface area contributed by atoms with Crippen LogP contribution in [0.2, 0.25) is 0 Å². The summed E-state index contributed by atoms with van der Waals surface area (Å²) < 4.78 is 7.31. The zero-order chi connectivity index (χ0) is 12.5. The highest BCUT2D eigenvalue weighted by Gasteiger charge is 2.23. The quantitative estimate of drug-likeness (QED) is 0.809. The number of carbonyl (C=O) groups is 1. The van der Waals surface area contributed by atoms with E-state index in [1.807, 2.05) is 27.0 Å². The average Bonchev–Trinajstić information content (AvgIpc) is 2.61. The maximum Gasteiger partial charge on any atom is 0.407 e. The summed E-state index contributed by atoms with van der Waals surface area (Å²) in [7, 11) is 0. The van der Waals surface area contributed by atoms with Crippen LogP contribution in [0.5, 0.6) is 0 Å². The molecule has 1 aromatic heterocycles. The SMILES string of the molecule is CC(C)(C)OC(=O)NC1CCc2nccn2C1. The van der Waals surface area contributed by atoms with Crippen molar-refractivity contribution in [2.75, 3.05) is 0 Å². The molecule has 1 unspecified atom stereocenters. The van der Waals surface area contributed by atoms with Gasteiger partial charge in [-0.2, -0.15) is 0 Å². The topological polar surface area (TPSA) is 56.1 Å². The number of alkyl carbamates (subject to hydrolysis) is 1. The highest BCUT2D eigenvalue weighted by molar-refractivity contribution is 5.68. The molecule has 1 aliphatic heterocycles. The number of fused-ring (bicyclic) bond motifs is 1. The van der Waals surface area contributed by atoms with Crippen molar-refractivity contribution in [1.82, 2.24) is 14.9 Å². The Morgan fingerprint density at radius 1 is 1.59 bits per heavy atom. The molecular weight excluding hydrogens is 218 g/mol. The van der Waals surface area contributed by atoms with Crippen molar-refractivity contribution < 1.29 is 9.53 Å². The number of carbonyl (C=O) groups excluding carboxylic acids is 1. The summed E-state index contributed by atoms with van der Waals surface area (Å²) in [6.45, 7) is 6.36. The van der Waals surface area contributed by atoms with Gasteiger partial charge in [0.05, 0.1) is 6.04 Å². The molecule has 1 amide bonds. The van der Waals surface area contributed by atoms with Crippen molar-refractivity contribution in [2.45, 2.75) is 51.8 Å². The molecule has 5 nitrogen and oxygen atoms in total. The molecule has 0 spiro atoms. The summed E-state index contributed by atoms with van der Waals surface area (Å²) in [5.41, 5.74) is -0.446. The number of nitrogens with zero attached hydrogens (tertiary/aromatic N) is 2. The predicted octanol–water partition coefficient (Wildman–Crippen LogP) is 1.72. The highest BCUT2D eigenvalue weighted by atomic mass is 16.6. The Balaban J connectivity index is 1.88. The molecule has 94 valence electrons. The third-order valence-corrected chi connectivity index (χ3v) is 2.66. The van der Waals surface area contributed by atoms with Gasteiger partial charge in [0.1, 0.15) is 11.4 Å². The maximum atomic E-state index is 11.6. The van der Waals surface area contributed by atoms with E-state index in [0.717, 1.165) is 25.2 Å². The van der Waals surface area contributed by atoms with Crippen LogP contribution in [0.25, 0.3) is 0 Å². The van der Waals surface area contributed by atoms with Gasteiger partial charge in [-0.1, -0.05) is 0 Å². The molecule has 0 aliphatic carbocycles. The third-order valence-electron chi connectivity index (χ3n) is 2.66. The Labute approximate surface area is 101 Å². The lowest BCUT2D eigenvalue weighted by Gasteiger charge is -2.26. The van der Waals surface area contributed by atoms with Crippen LogP contribution in [-0.2, 0) is 17.7 Å². The van der Waals surface area contributed by atoms with Crippen molar-refractivity contribution in [2.24, 2.45) is 0 Å². The van der Waals surface area contributed by atoms with E-state index in [2.05, 4.69) is 14.9 Å². The normalized spacial score (nSPS) is 19.6. The van der Waals surface area contributed by atoms with Crippen LogP contribution in [0.1, 0.15) is 33.0 Å². The Bertz CT molecular complexity index is 406. The molecule has 1 N–H and O–H groups in total. The van der Waals surface area contributed by atoms with Gasteiger partial charge in [-0.3, -0.25) is 0 Å². The number of imidazole rings is 1. The molecule has 1 aromatic rings. The summed E-state index contributed by atoms with van der Waals surface area (Å²) in [6.07, 6.45) is 5.21. The van der Waals surface area contributed by atoms with Gasteiger partial charge in [0.15, 0.2) is 0 Å². The highest BCUT2D eigenvalue weighted by Crippen LogP contribution is 2.14.